The molecule has 38 heavy (non-hydrogen) atoms. The van der Waals surface area contributed by atoms with E-state index in [1.807, 2.05) is 30.3 Å². The standard InChI is InChI=1S/C29H32N2O5S2/c1-22(21-28-31(18-9-10-20-38(34,35)36)26-13-6-7-14-27(26)37-28)23-16-19-30(17-8-2-3-15-29(32)33)25-12-5-4-11-24(23)25/h4-7,11-14,16,19,21H,1-3,8-10,15,17-18,20H2,(H-,32,33,34,35,36)/b28-21-. The molecular weight excluding hydrogens is 520 g/mol. The third-order valence-corrected chi connectivity index (χ3v) is 8.42. The molecule has 3 aromatic rings. The second-order valence-electron chi connectivity index (χ2n) is 9.34. The van der Waals surface area contributed by atoms with E-state index in [1.165, 1.54) is 0 Å². The number of para-hydroxylation sites is 2. The van der Waals surface area contributed by atoms with Gasteiger partial charge in [-0.05, 0) is 55.5 Å². The van der Waals surface area contributed by atoms with Gasteiger partial charge in [0.2, 0.25) is 5.52 Å². The fourth-order valence-electron chi connectivity index (χ4n) is 4.66. The molecule has 0 saturated carbocycles. The zero-order valence-electron chi connectivity index (χ0n) is 21.2. The molecule has 9 heteroatoms. The van der Waals surface area contributed by atoms with Gasteiger partial charge in [0.05, 0.1) is 26.2 Å². The van der Waals surface area contributed by atoms with Crippen LogP contribution in [0.2, 0.25) is 0 Å². The molecule has 200 valence electrons. The van der Waals surface area contributed by atoms with Crippen LogP contribution in [-0.2, 0) is 21.5 Å². The largest absolute Gasteiger partial charge is 0.748 e. The van der Waals surface area contributed by atoms with Crippen molar-refractivity contribution >= 4 is 50.0 Å². The minimum absolute atomic E-state index is 0.204. The SMILES string of the molecule is C=C(/C=C1\Sc2ccccc2N1CCCCS(=O)(=O)[O-])c1cc[n+](CCCCCC(=O)O)c2ccccc12. The molecule has 1 N–H and O–H groups in total. The molecule has 0 saturated heterocycles. The monoisotopic (exact) mass is 552 g/mol. The highest BCUT2D eigenvalue weighted by molar-refractivity contribution is 8.03. The number of hydrogen-bond acceptors (Lipinski definition) is 6. The second kappa shape index (κ2) is 12.6. The third-order valence-electron chi connectivity index (χ3n) is 6.52. The number of carbonyl (C=O) groups is 1. The predicted molar refractivity (Wildman–Crippen MR) is 151 cm³/mol. The summed E-state index contributed by atoms with van der Waals surface area (Å²) in [5.74, 6) is -1.10. The number of aromatic nitrogens is 1. The molecule has 2 heterocycles. The highest BCUT2D eigenvalue weighted by Gasteiger charge is 2.25. The Morgan fingerprint density at radius 1 is 1.03 bits per heavy atom. The first-order valence-corrected chi connectivity index (χ1v) is 15.1. The van der Waals surface area contributed by atoms with Crippen molar-refractivity contribution in [1.82, 2.24) is 0 Å². The van der Waals surface area contributed by atoms with Crippen LogP contribution in [0.1, 0.15) is 44.1 Å². The van der Waals surface area contributed by atoms with Gasteiger partial charge >= 0.3 is 5.97 Å². The van der Waals surface area contributed by atoms with Crippen LogP contribution in [0.3, 0.4) is 0 Å². The van der Waals surface area contributed by atoms with E-state index >= 15 is 0 Å². The fourth-order valence-corrected chi connectivity index (χ4v) is 6.38. The lowest BCUT2D eigenvalue weighted by atomic mass is 10.0. The quantitative estimate of drug-likeness (QED) is 0.168. The normalized spacial score (nSPS) is 14.2. The minimum Gasteiger partial charge on any atom is -0.748 e. The predicted octanol–water partition coefficient (Wildman–Crippen LogP) is 5.56. The highest BCUT2D eigenvalue weighted by Crippen LogP contribution is 2.46. The Labute approximate surface area is 228 Å². The van der Waals surface area contributed by atoms with Gasteiger partial charge in [0.15, 0.2) is 6.20 Å². The Balaban J connectivity index is 1.54. The Morgan fingerprint density at radius 2 is 1.79 bits per heavy atom. The summed E-state index contributed by atoms with van der Waals surface area (Å²) in [6.07, 6.45) is 7.70. The van der Waals surface area contributed by atoms with Crippen LogP contribution < -0.4 is 9.47 Å². The molecule has 0 unspecified atom stereocenters. The van der Waals surface area contributed by atoms with Gasteiger partial charge in [-0.15, -0.1) is 0 Å². The lowest BCUT2D eigenvalue weighted by Crippen LogP contribution is -2.34. The minimum atomic E-state index is -4.21. The van der Waals surface area contributed by atoms with Gasteiger partial charge in [0, 0.05) is 47.7 Å². The molecule has 2 aromatic carbocycles. The van der Waals surface area contributed by atoms with Gasteiger partial charge in [-0.25, -0.2) is 8.42 Å². The number of fused-ring (bicyclic) bond motifs is 2. The first kappa shape index (κ1) is 27.9. The van der Waals surface area contributed by atoms with E-state index in [4.69, 9.17) is 5.11 Å². The molecule has 0 aliphatic carbocycles. The maximum Gasteiger partial charge on any atom is 0.303 e. The lowest BCUT2D eigenvalue weighted by Gasteiger charge is -2.21. The van der Waals surface area contributed by atoms with E-state index in [1.54, 1.807) is 11.8 Å². The zero-order chi connectivity index (χ0) is 27.1. The van der Waals surface area contributed by atoms with Gasteiger partial charge in [-0.1, -0.05) is 42.6 Å². The third kappa shape index (κ3) is 7.24. The van der Waals surface area contributed by atoms with Crippen molar-refractivity contribution in [1.29, 1.82) is 0 Å². The number of aryl methyl sites for hydroxylation is 1. The Bertz CT molecular complexity index is 1470. The van der Waals surface area contributed by atoms with Crippen LogP contribution in [0.25, 0.3) is 16.5 Å². The summed E-state index contributed by atoms with van der Waals surface area (Å²) >= 11 is 1.66. The summed E-state index contributed by atoms with van der Waals surface area (Å²) in [4.78, 5) is 14.1. The van der Waals surface area contributed by atoms with Crippen molar-refractivity contribution in [3.05, 3.63) is 84.0 Å². The zero-order valence-corrected chi connectivity index (χ0v) is 22.8. The van der Waals surface area contributed by atoms with Gasteiger partial charge in [-0.3, -0.25) is 4.79 Å². The molecule has 0 atom stereocenters. The number of pyridine rings is 1. The molecule has 1 aromatic heterocycles. The smallest absolute Gasteiger partial charge is 0.303 e. The number of allylic oxidation sites excluding steroid dienone is 2. The number of hydrogen-bond donors (Lipinski definition) is 1. The number of thioether (sulfide) groups is 1. The summed E-state index contributed by atoms with van der Waals surface area (Å²) in [6, 6.07) is 18.4. The van der Waals surface area contributed by atoms with E-state index in [0.29, 0.717) is 25.8 Å². The van der Waals surface area contributed by atoms with Crippen molar-refractivity contribution in [3.63, 3.8) is 0 Å². The van der Waals surface area contributed by atoms with Crippen LogP contribution in [0.4, 0.5) is 5.69 Å². The topological polar surface area (TPSA) is 102 Å². The van der Waals surface area contributed by atoms with Crippen molar-refractivity contribution in [2.75, 3.05) is 17.2 Å². The van der Waals surface area contributed by atoms with Crippen molar-refractivity contribution in [2.24, 2.45) is 0 Å². The molecular formula is C29H32N2O5S2. The van der Waals surface area contributed by atoms with Gasteiger partial charge in [-0.2, -0.15) is 4.57 Å². The fraction of sp³-hybridized carbons (Fsp3) is 0.310. The average molecular weight is 553 g/mol. The molecule has 0 spiro atoms. The molecule has 0 bridgehead atoms. The number of carboxylic acid groups (broad SMARTS) is 1. The highest BCUT2D eigenvalue weighted by atomic mass is 32.2. The van der Waals surface area contributed by atoms with E-state index < -0.39 is 16.1 Å². The summed E-state index contributed by atoms with van der Waals surface area (Å²) in [6.45, 7) is 5.81. The summed E-state index contributed by atoms with van der Waals surface area (Å²) < 4.78 is 35.3. The second-order valence-corrected chi connectivity index (χ2v) is 11.9. The first-order valence-electron chi connectivity index (χ1n) is 12.7. The van der Waals surface area contributed by atoms with E-state index in [0.717, 1.165) is 57.0 Å². The van der Waals surface area contributed by atoms with Crippen LogP contribution in [0.15, 0.2) is 83.4 Å². The molecule has 0 fully saturated rings. The Morgan fingerprint density at radius 3 is 2.58 bits per heavy atom. The van der Waals surface area contributed by atoms with Crippen LogP contribution in [0, 0.1) is 0 Å². The number of unbranched alkanes of at least 4 members (excludes halogenated alkanes) is 3. The summed E-state index contributed by atoms with van der Waals surface area (Å²) in [5.41, 5.74) is 4.07. The van der Waals surface area contributed by atoms with Gasteiger partial charge in [0.25, 0.3) is 0 Å². The van der Waals surface area contributed by atoms with Crippen LogP contribution in [0.5, 0.6) is 0 Å². The maximum atomic E-state index is 11.0. The molecule has 0 amide bonds. The molecule has 1 aliphatic rings. The van der Waals surface area contributed by atoms with Crippen molar-refractivity contribution in [2.45, 2.75) is 50.0 Å². The molecule has 4 rings (SSSR count). The molecule has 0 radical (unpaired) electrons. The summed E-state index contributed by atoms with van der Waals surface area (Å²) in [5, 5.41) is 11.0. The number of benzene rings is 2. The van der Waals surface area contributed by atoms with Crippen molar-refractivity contribution in [3.8, 4) is 0 Å². The van der Waals surface area contributed by atoms with E-state index in [-0.39, 0.29) is 12.2 Å². The van der Waals surface area contributed by atoms with E-state index in [2.05, 4.69) is 52.6 Å². The number of anilines is 1. The number of carboxylic acids is 1. The number of nitrogens with zero attached hydrogens (tertiary/aromatic N) is 2. The van der Waals surface area contributed by atoms with Crippen LogP contribution >= 0.6 is 11.8 Å². The molecule has 7 nitrogen and oxygen atoms in total. The summed E-state index contributed by atoms with van der Waals surface area (Å²) in [7, 11) is -4.21. The average Bonchev–Trinajstić information content (AvgIpc) is 3.22. The number of aliphatic carboxylic acids is 1. The van der Waals surface area contributed by atoms with Gasteiger partial charge in [0.1, 0.15) is 6.54 Å². The Hall–Kier alpha value is -3.14. The van der Waals surface area contributed by atoms with Gasteiger partial charge < -0.3 is 14.6 Å². The number of rotatable bonds is 13. The maximum absolute atomic E-state index is 11.0. The first-order chi connectivity index (χ1) is 18.2. The molecule has 1 aliphatic heterocycles. The lowest BCUT2D eigenvalue weighted by molar-refractivity contribution is -0.671. The van der Waals surface area contributed by atoms with E-state index in [9.17, 15) is 17.8 Å². The van der Waals surface area contributed by atoms with Crippen molar-refractivity contribution < 1.29 is 27.4 Å². The Kier molecular flexibility index (Phi) is 9.25. The van der Waals surface area contributed by atoms with Crippen LogP contribution in [-0.4, -0.2) is 36.3 Å².